The third-order valence-corrected chi connectivity index (χ3v) is 5.22. The van der Waals surface area contributed by atoms with Crippen LogP contribution in [0.1, 0.15) is 27.7 Å². The number of carbonyl (C=O) groups is 2. The zero-order valence-electron chi connectivity index (χ0n) is 20.1. The van der Waals surface area contributed by atoms with Crippen LogP contribution in [0.5, 0.6) is 5.75 Å². The predicted molar refractivity (Wildman–Crippen MR) is 136 cm³/mol. The normalized spacial score (nSPS) is 12.9. The quantitative estimate of drug-likeness (QED) is 0.415. The van der Waals surface area contributed by atoms with Crippen LogP contribution in [0.3, 0.4) is 0 Å². The second kappa shape index (κ2) is 10.8. The Balaban J connectivity index is 1.87. The Morgan fingerprint density at radius 1 is 0.886 bits per heavy atom. The van der Waals surface area contributed by atoms with E-state index in [0.717, 1.165) is 16.2 Å². The standard InChI is InChI=1S/C27H29ClN2O5/c1-26(2,3)34-25(33)29-27(4,18-31)24(32)30(22-8-6-5-7-9-22)35-23-16-12-20(13-17-23)19-10-14-21(28)15-11-19/h5-17,31H,18H2,1-4H3,(H,29,33). The SMILES string of the molecule is CC(C)(C)OC(=O)NC(C)(CO)C(=O)N(Oc1ccc(-c2ccc(Cl)cc2)cc1)c1ccccc1. The Morgan fingerprint density at radius 2 is 1.43 bits per heavy atom. The van der Waals surface area contributed by atoms with E-state index >= 15 is 0 Å². The van der Waals surface area contributed by atoms with Crippen LogP contribution in [0.25, 0.3) is 11.1 Å². The average molecular weight is 497 g/mol. The fourth-order valence-electron chi connectivity index (χ4n) is 3.14. The number of alkyl carbamates (subject to hydrolysis) is 1. The van der Waals surface area contributed by atoms with Crippen molar-refractivity contribution >= 4 is 29.3 Å². The van der Waals surface area contributed by atoms with E-state index in [1.165, 1.54) is 6.92 Å². The van der Waals surface area contributed by atoms with Gasteiger partial charge in [0, 0.05) is 5.02 Å². The summed E-state index contributed by atoms with van der Waals surface area (Å²) in [6.07, 6.45) is -0.831. The molecule has 0 fully saturated rings. The van der Waals surface area contributed by atoms with Gasteiger partial charge in [0.2, 0.25) is 0 Å². The summed E-state index contributed by atoms with van der Waals surface area (Å²) in [6.45, 7) is 5.85. The highest BCUT2D eigenvalue weighted by Gasteiger charge is 2.41. The maximum Gasteiger partial charge on any atom is 0.408 e. The van der Waals surface area contributed by atoms with Crippen molar-refractivity contribution in [1.82, 2.24) is 5.32 Å². The van der Waals surface area contributed by atoms with Crippen LogP contribution in [0.15, 0.2) is 78.9 Å². The molecule has 0 aliphatic carbocycles. The van der Waals surface area contributed by atoms with E-state index in [0.29, 0.717) is 16.5 Å². The summed E-state index contributed by atoms with van der Waals surface area (Å²) in [6, 6.07) is 23.3. The predicted octanol–water partition coefficient (Wildman–Crippen LogP) is 5.61. The minimum absolute atomic E-state index is 0.387. The zero-order chi connectivity index (χ0) is 25.6. The Labute approximate surface area is 210 Å². The van der Waals surface area contributed by atoms with Crippen molar-refractivity contribution in [3.63, 3.8) is 0 Å². The average Bonchev–Trinajstić information content (AvgIpc) is 2.82. The van der Waals surface area contributed by atoms with Crippen LogP contribution >= 0.6 is 11.6 Å². The van der Waals surface area contributed by atoms with E-state index < -0.39 is 29.7 Å². The van der Waals surface area contributed by atoms with Crippen molar-refractivity contribution in [2.75, 3.05) is 11.7 Å². The van der Waals surface area contributed by atoms with Gasteiger partial charge in [-0.05, 0) is 75.2 Å². The second-order valence-corrected chi connectivity index (χ2v) is 9.61. The number of nitrogens with one attached hydrogen (secondary N) is 1. The molecule has 0 heterocycles. The smallest absolute Gasteiger partial charge is 0.408 e. The monoisotopic (exact) mass is 496 g/mol. The number of para-hydroxylation sites is 1. The summed E-state index contributed by atoms with van der Waals surface area (Å²) in [5.74, 6) is -0.295. The molecule has 0 aliphatic heterocycles. The number of carbonyl (C=O) groups excluding carboxylic acids is 2. The summed E-state index contributed by atoms with van der Waals surface area (Å²) >= 11 is 5.97. The lowest BCUT2D eigenvalue weighted by Crippen LogP contribution is -2.61. The second-order valence-electron chi connectivity index (χ2n) is 9.17. The Morgan fingerprint density at radius 3 is 1.94 bits per heavy atom. The summed E-state index contributed by atoms with van der Waals surface area (Å²) in [5.41, 5.74) is -0.137. The number of nitrogens with zero attached hydrogens (tertiary/aromatic N) is 1. The summed E-state index contributed by atoms with van der Waals surface area (Å²) in [7, 11) is 0. The number of aliphatic hydroxyl groups is 1. The van der Waals surface area contributed by atoms with Crippen molar-refractivity contribution in [1.29, 1.82) is 0 Å². The molecule has 3 aromatic rings. The number of benzene rings is 3. The fourth-order valence-corrected chi connectivity index (χ4v) is 3.27. The number of halogens is 1. The molecule has 0 saturated heterocycles. The highest BCUT2D eigenvalue weighted by Crippen LogP contribution is 2.27. The molecule has 8 heteroatoms. The topological polar surface area (TPSA) is 88.1 Å². The van der Waals surface area contributed by atoms with Gasteiger partial charge in [0.05, 0.1) is 12.3 Å². The lowest BCUT2D eigenvalue weighted by molar-refractivity contribution is -0.130. The lowest BCUT2D eigenvalue weighted by Gasteiger charge is -2.33. The molecule has 0 radical (unpaired) electrons. The maximum absolute atomic E-state index is 13.6. The van der Waals surface area contributed by atoms with E-state index in [-0.39, 0.29) is 0 Å². The first kappa shape index (κ1) is 26.1. The van der Waals surface area contributed by atoms with Gasteiger partial charge in [-0.15, -0.1) is 5.06 Å². The molecule has 0 saturated carbocycles. The number of rotatable bonds is 7. The number of amides is 2. The molecule has 7 nitrogen and oxygen atoms in total. The van der Waals surface area contributed by atoms with E-state index in [4.69, 9.17) is 21.2 Å². The van der Waals surface area contributed by atoms with E-state index in [1.54, 1.807) is 63.2 Å². The number of hydrogen-bond acceptors (Lipinski definition) is 5. The summed E-state index contributed by atoms with van der Waals surface area (Å²) in [5, 5.41) is 14.2. The first-order valence-corrected chi connectivity index (χ1v) is 11.4. The van der Waals surface area contributed by atoms with Gasteiger partial charge in [0.15, 0.2) is 5.75 Å². The molecule has 0 spiro atoms. The number of aliphatic hydroxyl groups excluding tert-OH is 1. The summed E-state index contributed by atoms with van der Waals surface area (Å²) < 4.78 is 5.27. The third kappa shape index (κ3) is 6.97. The number of hydroxylamine groups is 1. The molecule has 3 aromatic carbocycles. The third-order valence-electron chi connectivity index (χ3n) is 4.97. The highest BCUT2D eigenvalue weighted by atomic mass is 35.5. The Hall–Kier alpha value is -3.55. The largest absolute Gasteiger partial charge is 0.444 e. The minimum atomic E-state index is -1.71. The van der Waals surface area contributed by atoms with Gasteiger partial charge in [-0.1, -0.05) is 54.1 Å². The molecular formula is C27H29ClN2O5. The van der Waals surface area contributed by atoms with Crippen LogP contribution < -0.4 is 15.2 Å². The number of anilines is 1. The van der Waals surface area contributed by atoms with Crippen molar-refractivity contribution in [2.45, 2.75) is 38.8 Å². The zero-order valence-corrected chi connectivity index (χ0v) is 20.9. The van der Waals surface area contributed by atoms with Gasteiger partial charge < -0.3 is 20.0 Å². The Bertz CT molecular complexity index is 1140. The van der Waals surface area contributed by atoms with Crippen molar-refractivity contribution in [3.05, 3.63) is 83.9 Å². The molecule has 0 bridgehead atoms. The molecule has 2 N–H and O–H groups in total. The number of hydrogen-bond donors (Lipinski definition) is 2. The van der Waals surface area contributed by atoms with Crippen molar-refractivity contribution in [3.8, 4) is 16.9 Å². The number of ether oxygens (including phenoxy) is 1. The van der Waals surface area contributed by atoms with Gasteiger partial charge in [0.1, 0.15) is 11.1 Å². The van der Waals surface area contributed by atoms with Crippen molar-refractivity contribution < 1.29 is 24.3 Å². The van der Waals surface area contributed by atoms with Gasteiger partial charge in [-0.3, -0.25) is 4.79 Å². The molecule has 1 unspecified atom stereocenters. The van der Waals surface area contributed by atoms with Crippen LogP contribution in [-0.4, -0.2) is 34.9 Å². The van der Waals surface area contributed by atoms with E-state index in [1.807, 2.05) is 36.4 Å². The van der Waals surface area contributed by atoms with E-state index in [9.17, 15) is 14.7 Å². The highest BCUT2D eigenvalue weighted by molar-refractivity contribution is 6.30. The maximum atomic E-state index is 13.6. The minimum Gasteiger partial charge on any atom is -0.444 e. The molecule has 1 atom stereocenters. The molecule has 184 valence electrons. The molecule has 0 aliphatic rings. The van der Waals surface area contributed by atoms with Gasteiger partial charge >= 0.3 is 6.09 Å². The van der Waals surface area contributed by atoms with Crippen LogP contribution in [0.2, 0.25) is 5.02 Å². The van der Waals surface area contributed by atoms with Gasteiger partial charge in [-0.25, -0.2) is 4.79 Å². The lowest BCUT2D eigenvalue weighted by atomic mass is 10.0. The van der Waals surface area contributed by atoms with Gasteiger partial charge in [-0.2, -0.15) is 0 Å². The van der Waals surface area contributed by atoms with Crippen LogP contribution in [0.4, 0.5) is 10.5 Å². The fraction of sp³-hybridized carbons (Fsp3) is 0.259. The molecule has 35 heavy (non-hydrogen) atoms. The molecular weight excluding hydrogens is 468 g/mol. The van der Waals surface area contributed by atoms with Crippen molar-refractivity contribution in [2.24, 2.45) is 0 Å². The first-order valence-electron chi connectivity index (χ1n) is 11.1. The van der Waals surface area contributed by atoms with Gasteiger partial charge in [0.25, 0.3) is 5.91 Å². The first-order chi connectivity index (χ1) is 16.5. The van der Waals surface area contributed by atoms with Crippen LogP contribution in [-0.2, 0) is 9.53 Å². The van der Waals surface area contributed by atoms with Crippen LogP contribution in [0, 0.1) is 0 Å². The molecule has 0 aromatic heterocycles. The summed E-state index contributed by atoms with van der Waals surface area (Å²) in [4.78, 5) is 31.9. The Kier molecular flexibility index (Phi) is 8.04. The molecule has 2 amide bonds. The van der Waals surface area contributed by atoms with E-state index in [2.05, 4.69) is 5.32 Å². The molecule has 3 rings (SSSR count).